The molecule has 2 N–H and O–H groups in total. The fraction of sp³-hybridized carbons (Fsp3) is 0.350. The molecule has 1 heterocycles. The Morgan fingerprint density at radius 2 is 1.72 bits per heavy atom. The van der Waals surface area contributed by atoms with Gasteiger partial charge in [0, 0.05) is 23.8 Å². The summed E-state index contributed by atoms with van der Waals surface area (Å²) < 4.78 is 0. The Bertz CT molecular complexity index is 693. The number of aromatic hydroxyl groups is 1. The quantitative estimate of drug-likeness (QED) is 0.814. The van der Waals surface area contributed by atoms with E-state index in [-0.39, 0.29) is 6.03 Å². The minimum Gasteiger partial charge on any atom is -0.508 e. The molecule has 5 heteroatoms. The molecule has 0 radical (unpaired) electrons. The molecular weight excluding hydrogens is 336 g/mol. The van der Waals surface area contributed by atoms with E-state index in [1.807, 2.05) is 29.2 Å². The average molecular weight is 359 g/mol. The summed E-state index contributed by atoms with van der Waals surface area (Å²) in [5, 5.41) is 12.9. The van der Waals surface area contributed by atoms with E-state index in [1.54, 1.807) is 24.3 Å². The summed E-state index contributed by atoms with van der Waals surface area (Å²) in [4.78, 5) is 14.2. The first kappa shape index (κ1) is 17.6. The number of phenolic OH excluding ortho intramolecular Hbond substituents is 1. The zero-order valence-electron chi connectivity index (χ0n) is 14.1. The lowest BCUT2D eigenvalue weighted by molar-refractivity contribution is 0.180. The largest absolute Gasteiger partial charge is 0.508 e. The maximum Gasteiger partial charge on any atom is 0.321 e. The zero-order chi connectivity index (χ0) is 17.6. The Balaban J connectivity index is 1.42. The van der Waals surface area contributed by atoms with Crippen LogP contribution in [-0.4, -0.2) is 29.1 Å². The van der Waals surface area contributed by atoms with Crippen molar-refractivity contribution in [3.05, 3.63) is 59.1 Å². The van der Waals surface area contributed by atoms with Gasteiger partial charge in [-0.05, 0) is 73.6 Å². The van der Waals surface area contributed by atoms with Crippen LogP contribution in [0.2, 0.25) is 5.02 Å². The number of carbonyl (C=O) groups is 1. The molecule has 25 heavy (non-hydrogen) atoms. The average Bonchev–Trinajstić information content (AvgIpc) is 2.63. The number of hydrogen-bond acceptors (Lipinski definition) is 2. The minimum atomic E-state index is -0.0423. The third-order valence-electron chi connectivity index (χ3n) is 4.77. The van der Waals surface area contributed by atoms with Crippen LogP contribution in [0.25, 0.3) is 0 Å². The number of benzene rings is 2. The number of piperidine rings is 1. The molecule has 0 bridgehead atoms. The summed E-state index contributed by atoms with van der Waals surface area (Å²) in [6.07, 6.45) is 4.21. The molecule has 1 aliphatic heterocycles. The van der Waals surface area contributed by atoms with Crippen LogP contribution in [0.3, 0.4) is 0 Å². The van der Waals surface area contributed by atoms with E-state index >= 15 is 0 Å². The minimum absolute atomic E-state index is 0.0423. The Labute approximate surface area is 153 Å². The molecule has 0 spiro atoms. The number of urea groups is 1. The van der Waals surface area contributed by atoms with Gasteiger partial charge in [0.1, 0.15) is 5.75 Å². The van der Waals surface area contributed by atoms with Crippen molar-refractivity contribution in [2.24, 2.45) is 5.92 Å². The summed E-state index contributed by atoms with van der Waals surface area (Å²) in [7, 11) is 0. The third kappa shape index (κ3) is 5.13. The molecule has 0 atom stereocenters. The van der Waals surface area contributed by atoms with E-state index in [0.29, 0.717) is 16.7 Å². The normalized spacial score (nSPS) is 15.2. The second kappa shape index (κ2) is 8.26. The highest BCUT2D eigenvalue weighted by atomic mass is 35.5. The molecule has 2 aromatic carbocycles. The van der Waals surface area contributed by atoms with E-state index in [4.69, 9.17) is 11.6 Å². The Morgan fingerprint density at radius 1 is 1.08 bits per heavy atom. The van der Waals surface area contributed by atoms with Gasteiger partial charge in [0.2, 0.25) is 0 Å². The summed E-state index contributed by atoms with van der Waals surface area (Å²) in [5.74, 6) is 0.956. The van der Waals surface area contributed by atoms with Crippen LogP contribution in [0.1, 0.15) is 24.8 Å². The zero-order valence-corrected chi connectivity index (χ0v) is 14.9. The maximum absolute atomic E-state index is 12.3. The second-order valence-corrected chi connectivity index (χ2v) is 7.01. The fourth-order valence-electron chi connectivity index (χ4n) is 3.19. The van der Waals surface area contributed by atoms with Gasteiger partial charge in [-0.2, -0.15) is 0 Å². The number of halogens is 1. The van der Waals surface area contributed by atoms with Gasteiger partial charge in [-0.1, -0.05) is 23.7 Å². The highest BCUT2D eigenvalue weighted by Crippen LogP contribution is 2.24. The molecule has 0 unspecified atom stereocenters. The Morgan fingerprint density at radius 3 is 2.36 bits per heavy atom. The first-order valence-electron chi connectivity index (χ1n) is 8.69. The fourth-order valence-corrected chi connectivity index (χ4v) is 3.32. The molecule has 1 fully saturated rings. The van der Waals surface area contributed by atoms with Crippen molar-refractivity contribution in [3.8, 4) is 5.75 Å². The highest BCUT2D eigenvalue weighted by molar-refractivity contribution is 6.30. The van der Waals surface area contributed by atoms with Crippen molar-refractivity contribution in [1.29, 1.82) is 0 Å². The molecule has 0 aliphatic carbocycles. The van der Waals surface area contributed by atoms with Crippen molar-refractivity contribution in [2.75, 3.05) is 18.4 Å². The summed E-state index contributed by atoms with van der Waals surface area (Å²) in [5.41, 5.74) is 2.02. The number of amides is 2. The van der Waals surface area contributed by atoms with Crippen LogP contribution in [0.4, 0.5) is 10.5 Å². The number of aryl methyl sites for hydroxylation is 1. The number of rotatable bonds is 4. The molecule has 0 aromatic heterocycles. The molecular formula is C20H23ClN2O2. The summed E-state index contributed by atoms with van der Waals surface area (Å²) in [6, 6.07) is 14.5. The van der Waals surface area contributed by atoms with E-state index in [1.165, 1.54) is 5.56 Å². The van der Waals surface area contributed by atoms with Crippen LogP contribution in [0.5, 0.6) is 5.75 Å². The lowest BCUT2D eigenvalue weighted by atomic mass is 9.90. The van der Waals surface area contributed by atoms with E-state index in [2.05, 4.69) is 5.32 Å². The number of carbonyl (C=O) groups excluding carboxylic acids is 1. The summed E-state index contributed by atoms with van der Waals surface area (Å²) >= 11 is 5.86. The van der Waals surface area contributed by atoms with Gasteiger partial charge in [-0.3, -0.25) is 0 Å². The number of anilines is 1. The van der Waals surface area contributed by atoms with Gasteiger partial charge in [-0.15, -0.1) is 0 Å². The number of hydrogen-bond donors (Lipinski definition) is 2. The van der Waals surface area contributed by atoms with Crippen LogP contribution in [0, 0.1) is 5.92 Å². The molecule has 1 saturated heterocycles. The standard InChI is InChI=1S/C20H23ClN2O2/c21-17-5-7-18(8-6-17)22-20(25)23-13-11-16(12-14-23)2-1-15-3-9-19(24)10-4-15/h3-10,16,24H,1-2,11-14H2,(H,22,25). The first-order chi connectivity index (χ1) is 12.1. The molecule has 132 valence electrons. The molecule has 2 aromatic rings. The highest BCUT2D eigenvalue weighted by Gasteiger charge is 2.22. The van der Waals surface area contributed by atoms with E-state index < -0.39 is 0 Å². The SMILES string of the molecule is O=C(Nc1ccc(Cl)cc1)N1CCC(CCc2ccc(O)cc2)CC1. The predicted octanol–water partition coefficient (Wildman–Crippen LogP) is 4.92. The summed E-state index contributed by atoms with van der Waals surface area (Å²) in [6.45, 7) is 1.58. The molecule has 0 saturated carbocycles. The van der Waals surface area contributed by atoms with Gasteiger partial charge >= 0.3 is 6.03 Å². The van der Waals surface area contributed by atoms with Crippen LogP contribution in [-0.2, 0) is 6.42 Å². The van der Waals surface area contributed by atoms with Gasteiger partial charge in [0.25, 0.3) is 0 Å². The molecule has 1 aliphatic rings. The van der Waals surface area contributed by atoms with E-state index in [0.717, 1.165) is 44.5 Å². The monoisotopic (exact) mass is 358 g/mol. The van der Waals surface area contributed by atoms with Gasteiger partial charge in [-0.25, -0.2) is 4.79 Å². The molecule has 4 nitrogen and oxygen atoms in total. The van der Waals surface area contributed by atoms with Crippen molar-refractivity contribution in [1.82, 2.24) is 4.90 Å². The topological polar surface area (TPSA) is 52.6 Å². The van der Waals surface area contributed by atoms with E-state index in [9.17, 15) is 9.90 Å². The van der Waals surface area contributed by atoms with Crippen LogP contribution in [0.15, 0.2) is 48.5 Å². The lowest BCUT2D eigenvalue weighted by Gasteiger charge is -2.32. The predicted molar refractivity (Wildman–Crippen MR) is 101 cm³/mol. The number of phenols is 1. The van der Waals surface area contributed by atoms with Crippen molar-refractivity contribution >= 4 is 23.3 Å². The molecule has 3 rings (SSSR count). The number of nitrogens with one attached hydrogen (secondary N) is 1. The first-order valence-corrected chi connectivity index (χ1v) is 9.07. The van der Waals surface area contributed by atoms with Gasteiger partial charge in [0.15, 0.2) is 0 Å². The van der Waals surface area contributed by atoms with Crippen molar-refractivity contribution in [3.63, 3.8) is 0 Å². The van der Waals surface area contributed by atoms with Crippen molar-refractivity contribution < 1.29 is 9.90 Å². The van der Waals surface area contributed by atoms with Crippen LogP contribution >= 0.6 is 11.6 Å². The smallest absolute Gasteiger partial charge is 0.321 e. The lowest BCUT2D eigenvalue weighted by Crippen LogP contribution is -2.41. The third-order valence-corrected chi connectivity index (χ3v) is 5.03. The number of likely N-dealkylation sites (tertiary alicyclic amines) is 1. The number of nitrogens with zero attached hydrogens (tertiary/aromatic N) is 1. The Hall–Kier alpha value is -2.20. The molecule has 2 amide bonds. The van der Waals surface area contributed by atoms with Gasteiger partial charge in [0.05, 0.1) is 0 Å². The van der Waals surface area contributed by atoms with Crippen molar-refractivity contribution in [2.45, 2.75) is 25.7 Å². The second-order valence-electron chi connectivity index (χ2n) is 6.57. The van der Waals surface area contributed by atoms with Crippen LogP contribution < -0.4 is 5.32 Å². The Kier molecular flexibility index (Phi) is 5.82. The van der Waals surface area contributed by atoms with Gasteiger partial charge < -0.3 is 15.3 Å². The maximum atomic E-state index is 12.3.